The van der Waals surface area contributed by atoms with E-state index in [4.69, 9.17) is 16.3 Å². The number of hydrogen-bond donors (Lipinski definition) is 5. The van der Waals surface area contributed by atoms with Gasteiger partial charge in [0.25, 0.3) is 5.91 Å². The molecule has 57 heavy (non-hydrogen) atoms. The molecular weight excluding hydrogens is 744 g/mol. The highest BCUT2D eigenvalue weighted by Crippen LogP contribution is 2.21. The maximum atomic E-state index is 14.4. The fourth-order valence-corrected chi connectivity index (χ4v) is 6.68. The zero-order valence-electron chi connectivity index (χ0n) is 31.0. The number of carbonyl (C=O) groups excluding carboxylic acids is 4. The van der Waals surface area contributed by atoms with Gasteiger partial charge in [0.15, 0.2) is 6.61 Å². The number of carbonyl (C=O) groups is 5. The van der Waals surface area contributed by atoms with Crippen molar-refractivity contribution in [2.75, 3.05) is 6.61 Å². The molecule has 11 nitrogen and oxygen atoms in total. The van der Waals surface area contributed by atoms with E-state index >= 15 is 0 Å². The van der Waals surface area contributed by atoms with Crippen LogP contribution in [-0.4, -0.2) is 65.5 Å². The number of nitrogens with one attached hydrogen (secondary N) is 4. The molecule has 0 fully saturated rings. The third-order valence-corrected chi connectivity index (χ3v) is 9.94. The standard InChI is InChI=1S/C45H43ClN4O7/c46-35-20-13-31(14-21-35)25-38-43(53)49-39(26-30-11-18-34(19-12-30)33-9-5-2-6-10-33)44(54)48-37(24-17-29-7-3-1-4-8-29)42(52)50-40(45(55)56)27-32-15-22-36(23-16-32)57-28-41(51)47-38/h1-16,18-23,37-40H,17,24-28H2,(H,47,51)(H,48,54)(H,49,53)(H,50,52)(H,55,56)/t37-,38+,39+,40-/m0/s1. The Morgan fingerprint density at radius 3 is 1.74 bits per heavy atom. The smallest absolute Gasteiger partial charge is 0.326 e. The number of carboxylic acid groups (broad SMARTS) is 1. The van der Waals surface area contributed by atoms with Crippen LogP contribution >= 0.6 is 11.6 Å². The summed E-state index contributed by atoms with van der Waals surface area (Å²) in [6, 6.07) is 35.3. The van der Waals surface area contributed by atoms with Gasteiger partial charge in [0.2, 0.25) is 17.7 Å². The van der Waals surface area contributed by atoms with Crippen LogP contribution in [0.3, 0.4) is 0 Å². The molecule has 0 saturated heterocycles. The average Bonchev–Trinajstić information content (AvgIpc) is 3.22. The van der Waals surface area contributed by atoms with Gasteiger partial charge in [-0.05, 0) is 70.5 Å². The Balaban J connectivity index is 1.34. The van der Waals surface area contributed by atoms with Crippen molar-refractivity contribution < 1.29 is 33.8 Å². The number of amides is 4. The first kappa shape index (κ1) is 40.2. The van der Waals surface area contributed by atoms with Gasteiger partial charge in [-0.3, -0.25) is 19.2 Å². The highest BCUT2D eigenvalue weighted by atomic mass is 35.5. The Labute approximate surface area is 335 Å². The molecule has 2 bridgehead atoms. The maximum absolute atomic E-state index is 14.4. The van der Waals surface area contributed by atoms with E-state index < -0.39 is 60.4 Å². The molecule has 4 atom stereocenters. The largest absolute Gasteiger partial charge is 0.484 e. The van der Waals surface area contributed by atoms with Crippen molar-refractivity contribution in [1.82, 2.24) is 21.3 Å². The van der Waals surface area contributed by atoms with E-state index in [9.17, 15) is 29.1 Å². The van der Waals surface area contributed by atoms with E-state index in [2.05, 4.69) is 21.3 Å². The molecule has 5 aromatic rings. The van der Waals surface area contributed by atoms with Crippen LogP contribution in [0.2, 0.25) is 5.02 Å². The molecule has 2 aliphatic rings. The summed E-state index contributed by atoms with van der Waals surface area (Å²) in [6.45, 7) is -0.418. The average molecular weight is 787 g/mol. The van der Waals surface area contributed by atoms with Crippen LogP contribution in [0.5, 0.6) is 5.75 Å². The van der Waals surface area contributed by atoms with E-state index in [-0.39, 0.29) is 25.7 Å². The maximum Gasteiger partial charge on any atom is 0.326 e. The summed E-state index contributed by atoms with van der Waals surface area (Å²) in [7, 11) is 0. The van der Waals surface area contributed by atoms with Crippen LogP contribution in [0.25, 0.3) is 11.1 Å². The molecule has 0 saturated carbocycles. The van der Waals surface area contributed by atoms with Crippen LogP contribution in [0.4, 0.5) is 0 Å². The van der Waals surface area contributed by atoms with Crippen molar-refractivity contribution in [3.8, 4) is 16.9 Å². The summed E-state index contributed by atoms with van der Waals surface area (Å²) in [5.74, 6) is -3.48. The number of aryl methyl sites for hydroxylation is 1. The number of ether oxygens (including phenoxy) is 1. The van der Waals surface area contributed by atoms with Crippen molar-refractivity contribution >= 4 is 41.2 Å². The van der Waals surface area contributed by atoms with Gasteiger partial charge in [-0.15, -0.1) is 0 Å². The molecule has 0 unspecified atom stereocenters. The number of carboxylic acids is 1. The minimum absolute atomic E-state index is 0.0378. The number of fused-ring (bicyclic) bond motifs is 16. The molecule has 12 heteroatoms. The van der Waals surface area contributed by atoms with Crippen molar-refractivity contribution in [2.24, 2.45) is 0 Å². The first-order valence-electron chi connectivity index (χ1n) is 18.7. The molecule has 2 heterocycles. The second-order valence-electron chi connectivity index (χ2n) is 13.9. The molecule has 2 aliphatic heterocycles. The molecule has 292 valence electrons. The number of hydrogen-bond acceptors (Lipinski definition) is 6. The molecule has 0 aromatic heterocycles. The molecule has 0 aliphatic carbocycles. The summed E-state index contributed by atoms with van der Waals surface area (Å²) >= 11 is 6.12. The van der Waals surface area contributed by atoms with Crippen molar-refractivity contribution in [3.05, 3.63) is 161 Å². The molecule has 7 rings (SSSR count). The first-order chi connectivity index (χ1) is 27.6. The first-order valence-corrected chi connectivity index (χ1v) is 19.0. The predicted octanol–water partition coefficient (Wildman–Crippen LogP) is 5.08. The molecule has 0 radical (unpaired) electrons. The molecule has 5 N–H and O–H groups in total. The lowest BCUT2D eigenvalue weighted by molar-refractivity contribution is -0.142. The van der Waals surface area contributed by atoms with E-state index in [1.165, 1.54) is 0 Å². The molecule has 5 aromatic carbocycles. The van der Waals surface area contributed by atoms with Crippen LogP contribution in [0, 0.1) is 0 Å². The van der Waals surface area contributed by atoms with Crippen LogP contribution < -0.4 is 26.0 Å². The van der Waals surface area contributed by atoms with E-state index in [1.54, 1.807) is 48.5 Å². The van der Waals surface area contributed by atoms with Gasteiger partial charge in [0, 0.05) is 24.3 Å². The van der Waals surface area contributed by atoms with Gasteiger partial charge in [0.1, 0.15) is 29.9 Å². The van der Waals surface area contributed by atoms with E-state index in [1.807, 2.05) is 84.9 Å². The zero-order chi connectivity index (χ0) is 40.1. The second-order valence-corrected chi connectivity index (χ2v) is 14.3. The normalized spacial score (nSPS) is 19.4. The fourth-order valence-electron chi connectivity index (χ4n) is 6.56. The number of halogens is 1. The Morgan fingerprint density at radius 1 is 0.596 bits per heavy atom. The van der Waals surface area contributed by atoms with E-state index in [0.29, 0.717) is 28.3 Å². The third kappa shape index (κ3) is 11.8. The highest BCUT2D eigenvalue weighted by Gasteiger charge is 2.32. The van der Waals surface area contributed by atoms with Crippen molar-refractivity contribution in [1.29, 1.82) is 0 Å². The summed E-state index contributed by atoms with van der Waals surface area (Å²) in [5.41, 5.74) is 4.91. The summed E-state index contributed by atoms with van der Waals surface area (Å²) in [6.07, 6.45) is 0.594. The Bertz CT molecular complexity index is 2150. The second kappa shape index (κ2) is 19.4. The van der Waals surface area contributed by atoms with Crippen LogP contribution in [0.15, 0.2) is 133 Å². The summed E-state index contributed by atoms with van der Waals surface area (Å²) < 4.78 is 5.70. The lowest BCUT2D eigenvalue weighted by Crippen LogP contribution is -2.59. The van der Waals surface area contributed by atoms with Gasteiger partial charge in [-0.25, -0.2) is 4.79 Å². The fraction of sp³-hybridized carbons (Fsp3) is 0.222. The van der Waals surface area contributed by atoms with E-state index in [0.717, 1.165) is 22.3 Å². The van der Waals surface area contributed by atoms with Gasteiger partial charge in [0.05, 0.1) is 0 Å². The monoisotopic (exact) mass is 786 g/mol. The van der Waals surface area contributed by atoms with Crippen molar-refractivity contribution in [3.63, 3.8) is 0 Å². The minimum Gasteiger partial charge on any atom is -0.484 e. The van der Waals surface area contributed by atoms with Crippen molar-refractivity contribution in [2.45, 2.75) is 56.3 Å². The molecule has 4 amide bonds. The quantitative estimate of drug-likeness (QED) is 0.130. The predicted molar refractivity (Wildman–Crippen MR) is 217 cm³/mol. The highest BCUT2D eigenvalue weighted by molar-refractivity contribution is 6.30. The van der Waals surface area contributed by atoms with Gasteiger partial charge >= 0.3 is 5.97 Å². The van der Waals surface area contributed by atoms with Gasteiger partial charge in [-0.2, -0.15) is 0 Å². The Kier molecular flexibility index (Phi) is 13.7. The van der Waals surface area contributed by atoms with Gasteiger partial charge < -0.3 is 31.1 Å². The summed E-state index contributed by atoms with van der Waals surface area (Å²) in [4.78, 5) is 68.2. The van der Waals surface area contributed by atoms with Crippen LogP contribution in [-0.2, 0) is 49.7 Å². The Morgan fingerprint density at radius 2 is 1.12 bits per heavy atom. The number of rotatable bonds is 9. The topological polar surface area (TPSA) is 163 Å². The lowest BCUT2D eigenvalue weighted by atomic mass is 9.98. The van der Waals surface area contributed by atoms with Gasteiger partial charge in [-0.1, -0.05) is 121 Å². The zero-order valence-corrected chi connectivity index (χ0v) is 31.8. The summed E-state index contributed by atoms with van der Waals surface area (Å²) in [5, 5.41) is 21.7. The molecule has 0 spiro atoms. The van der Waals surface area contributed by atoms with Crippen LogP contribution in [0.1, 0.15) is 28.7 Å². The minimum atomic E-state index is -1.32. The Hall–Kier alpha value is -6.46. The third-order valence-electron chi connectivity index (χ3n) is 9.68. The lowest BCUT2D eigenvalue weighted by Gasteiger charge is -2.26. The molecular formula is C45H43ClN4O7. The SMILES string of the molecule is O=C1COc2ccc(cc2)C[C@@H](C(=O)O)NC(=O)[C@H](CCc2ccccc2)NC(=O)[C@@H](Cc2ccc(-c3ccccc3)cc2)NC(=O)[C@@H](Cc2ccc(Cl)cc2)N1. The number of benzene rings is 5. The number of aliphatic carboxylic acids is 1.